The molecule has 1 fully saturated rings. The Hall–Kier alpha value is -3.42. The van der Waals surface area contributed by atoms with Crippen molar-refractivity contribution in [3.05, 3.63) is 59.9 Å². The van der Waals surface area contributed by atoms with Gasteiger partial charge in [-0.25, -0.2) is 9.18 Å². The number of halogens is 1. The molecule has 2 aromatic carbocycles. The fourth-order valence-corrected chi connectivity index (χ4v) is 2.99. The Morgan fingerprint density at radius 1 is 0.897 bits per heavy atom. The summed E-state index contributed by atoms with van der Waals surface area (Å²) in [6.07, 6.45) is 0.0980. The lowest BCUT2D eigenvalue weighted by Crippen LogP contribution is -2.69. The van der Waals surface area contributed by atoms with Gasteiger partial charge in [0.1, 0.15) is 23.9 Å². The molecule has 0 aliphatic carbocycles. The standard InChI is InChI=1S/C21H21FN2O5/c1-13(2)11-21(18(25)23-20(27)24-19(21)26)29-17-9-7-16(8-10-17)28-12-14-3-5-15(22)6-4-14/h3-10,13H,11-12H2,1-2H3,(H2,23,24,25,26,27). The quantitative estimate of drug-likeness (QED) is 0.697. The van der Waals surface area contributed by atoms with Crippen molar-refractivity contribution in [3.63, 3.8) is 0 Å². The van der Waals surface area contributed by atoms with Gasteiger partial charge in [0, 0.05) is 6.42 Å². The van der Waals surface area contributed by atoms with Gasteiger partial charge in [-0.05, 0) is 47.9 Å². The van der Waals surface area contributed by atoms with Crippen LogP contribution >= 0.6 is 0 Å². The second kappa shape index (κ2) is 8.30. The van der Waals surface area contributed by atoms with Gasteiger partial charge in [0.15, 0.2) is 0 Å². The lowest BCUT2D eigenvalue weighted by Gasteiger charge is -2.35. The highest BCUT2D eigenvalue weighted by Gasteiger charge is 2.53. The lowest BCUT2D eigenvalue weighted by molar-refractivity contribution is -0.153. The zero-order valence-electron chi connectivity index (χ0n) is 16.0. The van der Waals surface area contributed by atoms with Crippen molar-refractivity contribution in [2.45, 2.75) is 32.5 Å². The molecule has 1 aliphatic heterocycles. The van der Waals surface area contributed by atoms with Crippen molar-refractivity contribution < 1.29 is 28.2 Å². The molecule has 0 aromatic heterocycles. The number of carbonyl (C=O) groups is 3. The minimum Gasteiger partial charge on any atom is -0.489 e. The second-order valence-corrected chi connectivity index (χ2v) is 7.15. The smallest absolute Gasteiger partial charge is 0.328 e. The molecule has 2 aromatic rings. The number of rotatable bonds is 7. The third-order valence-electron chi connectivity index (χ3n) is 4.32. The number of carbonyl (C=O) groups excluding carboxylic acids is 3. The maximum atomic E-state index is 12.9. The van der Waals surface area contributed by atoms with Crippen LogP contribution in [0, 0.1) is 11.7 Å². The normalized spacial score (nSPS) is 15.7. The summed E-state index contributed by atoms with van der Waals surface area (Å²) in [6, 6.07) is 11.5. The fraction of sp³-hybridized carbons (Fsp3) is 0.286. The number of urea groups is 1. The number of nitrogens with one attached hydrogen (secondary N) is 2. The summed E-state index contributed by atoms with van der Waals surface area (Å²) in [6.45, 7) is 3.94. The summed E-state index contributed by atoms with van der Waals surface area (Å²) in [4.78, 5) is 36.3. The zero-order chi connectivity index (χ0) is 21.0. The van der Waals surface area contributed by atoms with Crippen molar-refractivity contribution in [2.75, 3.05) is 0 Å². The summed E-state index contributed by atoms with van der Waals surface area (Å²) in [5.74, 6) is -1.14. The maximum absolute atomic E-state index is 12.9. The number of hydrogen-bond acceptors (Lipinski definition) is 5. The van der Waals surface area contributed by atoms with Gasteiger partial charge in [0.05, 0.1) is 0 Å². The molecule has 1 aliphatic rings. The highest BCUT2D eigenvalue weighted by Crippen LogP contribution is 2.29. The summed E-state index contributed by atoms with van der Waals surface area (Å²) in [5.41, 5.74) is -1.03. The van der Waals surface area contributed by atoms with Gasteiger partial charge in [-0.2, -0.15) is 0 Å². The van der Waals surface area contributed by atoms with Crippen LogP contribution in [0.25, 0.3) is 0 Å². The molecule has 0 unspecified atom stereocenters. The molecule has 29 heavy (non-hydrogen) atoms. The van der Waals surface area contributed by atoms with Crippen LogP contribution in [0.15, 0.2) is 48.5 Å². The van der Waals surface area contributed by atoms with Crippen molar-refractivity contribution in [1.29, 1.82) is 0 Å². The van der Waals surface area contributed by atoms with E-state index >= 15 is 0 Å². The van der Waals surface area contributed by atoms with Crippen molar-refractivity contribution in [3.8, 4) is 11.5 Å². The summed E-state index contributed by atoms with van der Waals surface area (Å²) in [5, 5.41) is 4.19. The monoisotopic (exact) mass is 400 g/mol. The topological polar surface area (TPSA) is 93.7 Å². The van der Waals surface area contributed by atoms with E-state index < -0.39 is 23.4 Å². The van der Waals surface area contributed by atoms with Crippen LogP contribution in [0.5, 0.6) is 11.5 Å². The van der Waals surface area contributed by atoms with Crippen molar-refractivity contribution >= 4 is 17.8 Å². The minimum absolute atomic E-state index is 0.0435. The van der Waals surface area contributed by atoms with Gasteiger partial charge in [0.2, 0.25) is 0 Å². The SMILES string of the molecule is CC(C)CC1(Oc2ccc(OCc3ccc(F)cc3)cc2)C(=O)NC(=O)NC1=O. The average Bonchev–Trinajstić information content (AvgIpc) is 2.66. The Morgan fingerprint density at radius 3 is 2.00 bits per heavy atom. The number of benzene rings is 2. The number of imide groups is 2. The molecule has 0 saturated carbocycles. The van der Waals surface area contributed by atoms with Gasteiger partial charge >= 0.3 is 6.03 Å². The first kappa shape index (κ1) is 20.3. The first-order chi connectivity index (χ1) is 13.8. The molecular formula is C21H21FN2O5. The molecule has 8 heteroatoms. The third kappa shape index (κ3) is 4.71. The molecule has 3 rings (SSSR count). The third-order valence-corrected chi connectivity index (χ3v) is 4.32. The van der Waals surface area contributed by atoms with E-state index in [4.69, 9.17) is 9.47 Å². The molecular weight excluding hydrogens is 379 g/mol. The van der Waals surface area contributed by atoms with E-state index in [1.807, 2.05) is 13.8 Å². The first-order valence-corrected chi connectivity index (χ1v) is 9.12. The molecule has 2 N–H and O–H groups in total. The zero-order valence-corrected chi connectivity index (χ0v) is 16.0. The fourth-order valence-electron chi connectivity index (χ4n) is 2.99. The number of hydrogen-bond donors (Lipinski definition) is 2. The summed E-state index contributed by atoms with van der Waals surface area (Å²) >= 11 is 0. The highest BCUT2D eigenvalue weighted by atomic mass is 19.1. The van der Waals surface area contributed by atoms with Gasteiger partial charge in [-0.15, -0.1) is 0 Å². The van der Waals surface area contributed by atoms with Crippen LogP contribution in [0.3, 0.4) is 0 Å². The maximum Gasteiger partial charge on any atom is 0.328 e. The molecule has 152 valence electrons. The van der Waals surface area contributed by atoms with Crippen LogP contribution in [0.1, 0.15) is 25.8 Å². The van der Waals surface area contributed by atoms with Gasteiger partial charge < -0.3 is 9.47 Å². The van der Waals surface area contributed by atoms with E-state index in [1.165, 1.54) is 12.1 Å². The Bertz CT molecular complexity index is 890. The van der Waals surface area contributed by atoms with E-state index in [0.29, 0.717) is 5.75 Å². The molecule has 0 spiro atoms. The van der Waals surface area contributed by atoms with Crippen LogP contribution in [0.2, 0.25) is 0 Å². The van der Waals surface area contributed by atoms with Crippen molar-refractivity contribution in [1.82, 2.24) is 10.6 Å². The molecule has 0 radical (unpaired) electrons. The predicted octanol–water partition coefficient (Wildman–Crippen LogP) is 2.93. The molecule has 1 saturated heterocycles. The van der Waals surface area contributed by atoms with E-state index in [1.54, 1.807) is 36.4 Å². The average molecular weight is 400 g/mol. The lowest BCUT2D eigenvalue weighted by atomic mass is 9.89. The molecule has 7 nitrogen and oxygen atoms in total. The molecule has 0 atom stereocenters. The van der Waals surface area contributed by atoms with Gasteiger partial charge in [-0.1, -0.05) is 26.0 Å². The Morgan fingerprint density at radius 2 is 1.45 bits per heavy atom. The first-order valence-electron chi connectivity index (χ1n) is 9.12. The predicted molar refractivity (Wildman–Crippen MR) is 102 cm³/mol. The van der Waals surface area contributed by atoms with E-state index in [0.717, 1.165) is 5.56 Å². The van der Waals surface area contributed by atoms with Crippen LogP contribution in [-0.4, -0.2) is 23.4 Å². The van der Waals surface area contributed by atoms with E-state index in [9.17, 15) is 18.8 Å². The Labute approximate surface area is 167 Å². The van der Waals surface area contributed by atoms with E-state index in [2.05, 4.69) is 10.6 Å². The molecule has 1 heterocycles. The Kier molecular flexibility index (Phi) is 5.81. The van der Waals surface area contributed by atoms with Crippen LogP contribution in [0.4, 0.5) is 9.18 Å². The van der Waals surface area contributed by atoms with Crippen LogP contribution in [-0.2, 0) is 16.2 Å². The largest absolute Gasteiger partial charge is 0.489 e. The summed E-state index contributed by atoms with van der Waals surface area (Å²) < 4.78 is 24.4. The number of ether oxygens (including phenoxy) is 2. The number of amides is 4. The molecule has 4 amide bonds. The summed E-state index contributed by atoms with van der Waals surface area (Å²) in [7, 11) is 0. The van der Waals surface area contributed by atoms with Crippen molar-refractivity contribution in [2.24, 2.45) is 5.92 Å². The number of barbiturate groups is 1. The Balaban J connectivity index is 1.72. The van der Waals surface area contributed by atoms with E-state index in [-0.39, 0.29) is 30.5 Å². The second-order valence-electron chi connectivity index (χ2n) is 7.15. The van der Waals surface area contributed by atoms with Gasteiger partial charge in [-0.3, -0.25) is 20.2 Å². The molecule has 0 bridgehead atoms. The highest BCUT2D eigenvalue weighted by molar-refractivity contribution is 6.21. The van der Waals surface area contributed by atoms with Crippen LogP contribution < -0.4 is 20.1 Å². The van der Waals surface area contributed by atoms with Gasteiger partial charge in [0.25, 0.3) is 17.4 Å². The minimum atomic E-state index is -1.83.